The van der Waals surface area contributed by atoms with Gasteiger partial charge in [-0.15, -0.1) is 0 Å². The zero-order valence-electron chi connectivity index (χ0n) is 11.8. The van der Waals surface area contributed by atoms with Crippen molar-refractivity contribution in [2.24, 2.45) is 0 Å². The van der Waals surface area contributed by atoms with Gasteiger partial charge in [0.25, 0.3) is 5.91 Å². The van der Waals surface area contributed by atoms with Gasteiger partial charge in [-0.3, -0.25) is 4.79 Å². The summed E-state index contributed by atoms with van der Waals surface area (Å²) in [5.41, 5.74) is 2.71. The van der Waals surface area contributed by atoms with Gasteiger partial charge in [0, 0.05) is 6.54 Å². The monoisotopic (exact) mass is 348 g/mol. The predicted octanol–water partition coefficient (Wildman–Crippen LogP) is 3.27. The molecule has 0 radical (unpaired) electrons. The number of benzene rings is 1. The second-order valence-electron chi connectivity index (χ2n) is 5.14. The molecular formula is C16H17BrN2O2. The summed E-state index contributed by atoms with van der Waals surface area (Å²) >= 11 is 3.51. The first-order valence-corrected chi connectivity index (χ1v) is 7.77. The summed E-state index contributed by atoms with van der Waals surface area (Å²) in [4.78, 5) is 12.5. The van der Waals surface area contributed by atoms with Gasteiger partial charge in [-0.25, -0.2) is 0 Å². The van der Waals surface area contributed by atoms with Crippen molar-refractivity contribution in [3.63, 3.8) is 0 Å². The molecule has 0 fully saturated rings. The predicted molar refractivity (Wildman–Crippen MR) is 84.1 cm³/mol. The molecule has 1 aliphatic heterocycles. The fourth-order valence-corrected chi connectivity index (χ4v) is 3.19. The van der Waals surface area contributed by atoms with Crippen molar-refractivity contribution in [3.05, 3.63) is 57.8 Å². The summed E-state index contributed by atoms with van der Waals surface area (Å²) in [7, 11) is 0. The highest BCUT2D eigenvalue weighted by Gasteiger charge is 2.22. The molecule has 2 aromatic rings. The lowest BCUT2D eigenvalue weighted by atomic mass is 10.1. The topological polar surface area (TPSA) is 43.3 Å². The van der Waals surface area contributed by atoms with Crippen LogP contribution in [0.5, 0.6) is 0 Å². The van der Waals surface area contributed by atoms with Crippen LogP contribution in [0.2, 0.25) is 0 Å². The van der Waals surface area contributed by atoms with E-state index in [-0.39, 0.29) is 11.9 Å². The number of halogens is 1. The van der Waals surface area contributed by atoms with Crippen LogP contribution in [0.1, 0.15) is 34.6 Å². The van der Waals surface area contributed by atoms with E-state index in [4.69, 9.17) is 4.74 Å². The van der Waals surface area contributed by atoms with Gasteiger partial charge < -0.3 is 14.6 Å². The van der Waals surface area contributed by atoms with E-state index >= 15 is 0 Å². The maximum Gasteiger partial charge on any atom is 0.253 e. The van der Waals surface area contributed by atoms with Crippen molar-refractivity contribution < 1.29 is 9.53 Å². The van der Waals surface area contributed by atoms with E-state index in [1.807, 2.05) is 43.3 Å². The van der Waals surface area contributed by atoms with E-state index in [0.717, 1.165) is 22.4 Å². The largest absolute Gasteiger partial charge is 0.373 e. The molecule has 0 saturated carbocycles. The van der Waals surface area contributed by atoms with Gasteiger partial charge in [-0.05, 0) is 34.5 Å². The zero-order valence-corrected chi connectivity index (χ0v) is 13.4. The number of amides is 1. The molecule has 0 spiro atoms. The Bertz CT molecular complexity index is 652. The number of ether oxygens (including phenoxy) is 1. The van der Waals surface area contributed by atoms with Crippen LogP contribution in [0.3, 0.4) is 0 Å². The molecule has 1 N–H and O–H groups in total. The van der Waals surface area contributed by atoms with Gasteiger partial charge in [-0.2, -0.15) is 0 Å². The van der Waals surface area contributed by atoms with Gasteiger partial charge >= 0.3 is 0 Å². The van der Waals surface area contributed by atoms with E-state index < -0.39 is 0 Å². The van der Waals surface area contributed by atoms with Crippen molar-refractivity contribution >= 4 is 21.8 Å². The van der Waals surface area contributed by atoms with Crippen LogP contribution in [0.25, 0.3) is 0 Å². The quantitative estimate of drug-likeness (QED) is 0.924. The number of rotatable bonds is 3. The fraction of sp³-hybridized carbons (Fsp3) is 0.312. The third kappa shape index (κ3) is 2.89. The Labute approximate surface area is 132 Å². The minimum Gasteiger partial charge on any atom is -0.373 e. The Kier molecular flexibility index (Phi) is 4.12. The summed E-state index contributed by atoms with van der Waals surface area (Å²) in [6.45, 7) is 3.93. The summed E-state index contributed by atoms with van der Waals surface area (Å²) in [5.74, 6) is -0.0636. The van der Waals surface area contributed by atoms with Gasteiger partial charge in [-0.1, -0.05) is 30.3 Å². The molecule has 1 aromatic carbocycles. The van der Waals surface area contributed by atoms with Crippen LogP contribution in [-0.2, 0) is 17.9 Å². The lowest BCUT2D eigenvalue weighted by Gasteiger charge is -2.19. The Morgan fingerprint density at radius 2 is 2.14 bits per heavy atom. The molecule has 110 valence electrons. The second-order valence-corrected chi connectivity index (χ2v) is 5.95. The smallest absolute Gasteiger partial charge is 0.253 e. The Hall–Kier alpha value is -1.59. The van der Waals surface area contributed by atoms with E-state index in [9.17, 15) is 4.79 Å². The summed E-state index contributed by atoms with van der Waals surface area (Å²) in [5, 5.41) is 3.05. The average Bonchev–Trinajstić information content (AvgIpc) is 2.86. The molecule has 21 heavy (non-hydrogen) atoms. The molecule has 1 amide bonds. The van der Waals surface area contributed by atoms with E-state index in [1.165, 1.54) is 0 Å². The molecule has 0 unspecified atom stereocenters. The third-order valence-electron chi connectivity index (χ3n) is 3.75. The third-order valence-corrected chi connectivity index (χ3v) is 4.40. The maximum atomic E-state index is 12.5. The lowest BCUT2D eigenvalue weighted by molar-refractivity contribution is 0.0804. The molecule has 5 heteroatoms. The summed E-state index contributed by atoms with van der Waals surface area (Å²) < 4.78 is 8.49. The molecule has 0 saturated heterocycles. The van der Waals surface area contributed by atoms with Crippen molar-refractivity contribution in [2.45, 2.75) is 26.1 Å². The standard InChI is InChI=1S/C16H17BrN2O2/c1-11(12-5-3-2-4-6-12)18-16(20)13-9-15(17)19-7-8-21-10-14(13)19/h2-6,9,11H,7-8,10H2,1H3,(H,18,20)/t11-/m1/s1. The van der Waals surface area contributed by atoms with Crippen LogP contribution >= 0.6 is 15.9 Å². The average molecular weight is 349 g/mol. The Balaban J connectivity index is 1.80. The van der Waals surface area contributed by atoms with Crippen LogP contribution in [0.4, 0.5) is 0 Å². The molecule has 0 bridgehead atoms. The van der Waals surface area contributed by atoms with E-state index in [0.29, 0.717) is 18.8 Å². The molecule has 3 rings (SSSR count). The number of nitrogens with one attached hydrogen (secondary N) is 1. The Morgan fingerprint density at radius 3 is 2.90 bits per heavy atom. The molecule has 4 nitrogen and oxygen atoms in total. The fourth-order valence-electron chi connectivity index (χ4n) is 2.57. The summed E-state index contributed by atoms with van der Waals surface area (Å²) in [6.07, 6.45) is 0. The second kappa shape index (κ2) is 6.03. The summed E-state index contributed by atoms with van der Waals surface area (Å²) in [6, 6.07) is 11.8. The maximum absolute atomic E-state index is 12.5. The zero-order chi connectivity index (χ0) is 14.8. The van der Waals surface area contributed by atoms with Gasteiger partial charge in [0.15, 0.2) is 0 Å². The van der Waals surface area contributed by atoms with Gasteiger partial charge in [0.2, 0.25) is 0 Å². The van der Waals surface area contributed by atoms with Crippen molar-refractivity contribution in [1.29, 1.82) is 0 Å². The minimum atomic E-state index is -0.0636. The number of nitrogens with zero attached hydrogens (tertiary/aromatic N) is 1. The van der Waals surface area contributed by atoms with Crippen LogP contribution in [0.15, 0.2) is 41.0 Å². The number of fused-ring (bicyclic) bond motifs is 1. The normalized spacial score (nSPS) is 15.3. The lowest BCUT2D eigenvalue weighted by Crippen LogP contribution is -2.28. The Morgan fingerprint density at radius 1 is 1.38 bits per heavy atom. The molecule has 2 heterocycles. The van der Waals surface area contributed by atoms with Gasteiger partial charge in [0.1, 0.15) is 0 Å². The van der Waals surface area contributed by atoms with E-state index in [2.05, 4.69) is 25.8 Å². The minimum absolute atomic E-state index is 0.0301. The first kappa shape index (κ1) is 14.4. The SMILES string of the molecule is C[C@@H](NC(=O)c1cc(Br)n2c1COCC2)c1ccccc1. The van der Waals surface area contributed by atoms with E-state index in [1.54, 1.807) is 0 Å². The van der Waals surface area contributed by atoms with Crippen molar-refractivity contribution in [3.8, 4) is 0 Å². The van der Waals surface area contributed by atoms with Crippen molar-refractivity contribution in [1.82, 2.24) is 9.88 Å². The van der Waals surface area contributed by atoms with Crippen LogP contribution in [0, 0.1) is 0 Å². The highest BCUT2D eigenvalue weighted by atomic mass is 79.9. The number of hydrogen-bond acceptors (Lipinski definition) is 2. The van der Waals surface area contributed by atoms with Crippen molar-refractivity contribution in [2.75, 3.05) is 6.61 Å². The number of carbonyl (C=O) groups is 1. The molecule has 1 atom stereocenters. The number of aromatic nitrogens is 1. The van der Waals surface area contributed by atoms with Crippen LogP contribution < -0.4 is 5.32 Å². The molecule has 1 aliphatic rings. The first-order chi connectivity index (χ1) is 10.2. The first-order valence-electron chi connectivity index (χ1n) is 6.98. The number of carbonyl (C=O) groups excluding carboxylic acids is 1. The highest BCUT2D eigenvalue weighted by Crippen LogP contribution is 2.25. The molecular weight excluding hydrogens is 332 g/mol. The van der Waals surface area contributed by atoms with Crippen LogP contribution in [-0.4, -0.2) is 17.1 Å². The van der Waals surface area contributed by atoms with Gasteiger partial charge in [0.05, 0.1) is 35.1 Å². The molecule has 0 aliphatic carbocycles. The number of hydrogen-bond donors (Lipinski definition) is 1. The highest BCUT2D eigenvalue weighted by molar-refractivity contribution is 9.10. The molecule has 1 aromatic heterocycles.